The fourth-order valence-electron chi connectivity index (χ4n) is 16.0. The van der Waals surface area contributed by atoms with Crippen LogP contribution in [-0.4, -0.2) is 128 Å². The molecule has 135 heavy (non-hydrogen) atoms. The van der Waals surface area contributed by atoms with Crippen molar-refractivity contribution in [3.8, 4) is 46.0 Å². The first-order chi connectivity index (χ1) is 63.8. The van der Waals surface area contributed by atoms with Crippen LogP contribution in [0.1, 0.15) is 145 Å². The quantitative estimate of drug-likeness (QED) is 0.0270. The van der Waals surface area contributed by atoms with E-state index in [0.29, 0.717) is 127 Å². The summed E-state index contributed by atoms with van der Waals surface area (Å²) in [7, 11) is -9.30. The molecule has 10 aromatic carbocycles. The van der Waals surface area contributed by atoms with E-state index in [1.54, 1.807) is 155 Å². The number of amides is 5. The minimum atomic E-state index is -4.15. The van der Waals surface area contributed by atoms with Crippen LogP contribution in [0, 0.1) is 83.1 Å². The molecule has 0 unspecified atom stereocenters. The summed E-state index contributed by atoms with van der Waals surface area (Å²) in [6.45, 7) is 43.0. The standard InChI is InChI=1S/C28H28N2O6S.C27H27NO5S.C24H28N2O6S.C24H29NO5S/c1-16-7-8-21(14-25(16)36-37(33,34)24-11-9-22(10-12-24)29-20(5)31)27-19(4)28(32)30(27)23-13-17(2)18(3)26(15-23)35-6;1-17-11-12-22(14-24(17)33-34(30,31)16-21-9-7-6-8-10-21)26-20(4)27(29)28(26)23-13-18(2)19(3)25(15-23)32-5;1-15-6-7-19(13-21(15)32-33(28,29)25-8-10-31-11-9-25)23-18(4)24(27)26(23)20-12-16(2)17(3)22(14-20)30-5;1-7-8-11-31(27,28)30-21-13-19(10-9-15(21)2)23-18(5)24(26)25(23)20-12-16(3)17(4)22(14-20)29-6/h7-15,27H,4H2,1-3,5-6H3,(H,29,31);6-15,26H,4,16H2,1-3,5H3;6-7,12-14,23H,4,8-11H2,1-3,5H3;9-10,12-14,23H,5,7-8,11H2,1-4,6H3/t27-;26-;2*23-/m1111/s1. The van der Waals surface area contributed by atoms with E-state index in [4.69, 9.17) is 40.4 Å². The Bertz CT molecular complexity index is 6890. The average molecular weight is 1910 g/mol. The first kappa shape index (κ1) is 101. The second-order valence-electron chi connectivity index (χ2n) is 33.6. The van der Waals surface area contributed by atoms with Crippen LogP contribution in [0.25, 0.3) is 0 Å². The molecule has 28 nitrogen and oxygen atoms in total. The van der Waals surface area contributed by atoms with Gasteiger partial charge in [0.05, 0.1) is 71.6 Å². The zero-order chi connectivity index (χ0) is 98.5. The first-order valence-electron chi connectivity index (χ1n) is 43.4. The number of carbonyl (C=O) groups is 5. The van der Waals surface area contributed by atoms with Gasteiger partial charge >= 0.3 is 40.7 Å². The van der Waals surface area contributed by atoms with Crippen LogP contribution in [0.4, 0.5) is 28.4 Å². The maximum Gasteiger partial charge on any atom is 0.385 e. The summed E-state index contributed by atoms with van der Waals surface area (Å²) in [6, 6.07) is 49.0. The lowest BCUT2D eigenvalue weighted by atomic mass is 9.87. The van der Waals surface area contributed by atoms with Gasteiger partial charge in [0.1, 0.15) is 56.6 Å². The Hall–Kier alpha value is -13.4. The lowest BCUT2D eigenvalue weighted by Gasteiger charge is -2.43. The van der Waals surface area contributed by atoms with Crippen molar-refractivity contribution < 1.29 is 98.1 Å². The molecule has 15 rings (SSSR count). The summed E-state index contributed by atoms with van der Waals surface area (Å²) in [4.78, 5) is 68.8. The fraction of sp³-hybridized carbons (Fsp3) is 0.291. The summed E-state index contributed by atoms with van der Waals surface area (Å²) >= 11 is 0. The fourth-order valence-corrected chi connectivity index (χ4v) is 20.4. The highest BCUT2D eigenvalue weighted by Crippen LogP contribution is 2.51. The third kappa shape index (κ3) is 21.9. The van der Waals surface area contributed by atoms with E-state index in [0.717, 1.165) is 67.6 Å². The van der Waals surface area contributed by atoms with E-state index >= 15 is 0 Å². The number of aryl methyl sites for hydroxylation is 8. The highest BCUT2D eigenvalue weighted by atomic mass is 32.2. The number of nitrogens with one attached hydrogen (secondary N) is 1. The Balaban J connectivity index is 0.000000162. The summed E-state index contributed by atoms with van der Waals surface area (Å²) in [5.41, 5.74) is 19.1. The maximum atomic E-state index is 13.0. The predicted octanol–water partition coefficient (Wildman–Crippen LogP) is 18.2. The number of methoxy groups -OCH3 is 4. The lowest BCUT2D eigenvalue weighted by Crippen LogP contribution is -2.49. The summed E-state index contributed by atoms with van der Waals surface area (Å²) in [5, 5.41) is 2.59. The monoisotopic (exact) mass is 1910 g/mol. The number of hydrogen-bond donors (Lipinski definition) is 1. The Morgan fingerprint density at radius 3 is 1.01 bits per heavy atom. The number of hydrogen-bond acceptors (Lipinski definition) is 22. The Labute approximate surface area is 791 Å². The van der Waals surface area contributed by atoms with Crippen molar-refractivity contribution in [2.75, 3.05) is 85.4 Å². The average Bonchev–Trinajstić information content (AvgIpc) is 0.750. The molecular weight excluding hydrogens is 1800 g/mol. The van der Waals surface area contributed by atoms with Crippen molar-refractivity contribution in [1.82, 2.24) is 4.31 Å². The predicted molar refractivity (Wildman–Crippen MR) is 522 cm³/mol. The molecular formula is C103H112N6O22S4. The van der Waals surface area contributed by atoms with Gasteiger partial charge < -0.3 is 45.7 Å². The van der Waals surface area contributed by atoms with Crippen LogP contribution < -0.4 is 60.6 Å². The molecule has 710 valence electrons. The van der Waals surface area contributed by atoms with Crippen LogP contribution >= 0.6 is 0 Å². The number of morpholine rings is 1. The minimum absolute atomic E-state index is 0.0314. The van der Waals surface area contributed by atoms with Crippen LogP contribution in [0.15, 0.2) is 229 Å². The van der Waals surface area contributed by atoms with E-state index in [-0.39, 0.29) is 82.0 Å². The molecule has 0 radical (unpaired) electrons. The number of rotatable bonds is 28. The van der Waals surface area contributed by atoms with Gasteiger partial charge in [-0.2, -0.15) is 38.0 Å². The smallest absolute Gasteiger partial charge is 0.385 e. The third-order valence-corrected chi connectivity index (χ3v) is 29.3. The van der Waals surface area contributed by atoms with E-state index in [1.807, 2.05) is 135 Å². The second-order valence-corrected chi connectivity index (χ2v) is 40.0. The Morgan fingerprint density at radius 2 is 0.696 bits per heavy atom. The van der Waals surface area contributed by atoms with E-state index in [1.165, 1.54) is 35.5 Å². The number of benzene rings is 10. The first-order valence-corrected chi connectivity index (χ1v) is 49.3. The molecule has 32 heteroatoms. The SMILES string of the molecule is C=C1C(=O)N(c2cc(C)c(C)c(OC)c2)[C@H]1c1ccc(C)c(OS(=O)(=O)CCCC)c1.C=C1C(=O)N(c2cc(C)c(C)c(OC)c2)[C@H]1c1ccc(C)c(OS(=O)(=O)Cc2ccccc2)c1.C=C1C(=O)N(c2cc(C)c(C)c(OC)c2)[C@H]1c1ccc(C)c(OS(=O)(=O)N2CCOCC2)c1.C=C1C(=O)N(c2cc(C)c(C)c(OC)c2)[C@H]1c1ccc(C)c(OS(=O)(=O)c2ccc(NC(C)=O)cc2)c1. The van der Waals surface area contributed by atoms with Gasteiger partial charge in [0, 0.05) is 95.0 Å². The van der Waals surface area contributed by atoms with Crippen LogP contribution in [0.3, 0.4) is 0 Å². The molecule has 4 atom stereocenters. The third-order valence-electron chi connectivity index (χ3n) is 24.4. The zero-order valence-electron chi connectivity index (χ0n) is 78.9. The molecule has 5 heterocycles. The Morgan fingerprint density at radius 1 is 0.385 bits per heavy atom. The second kappa shape index (κ2) is 41.2. The molecule has 10 aromatic rings. The van der Waals surface area contributed by atoms with Crippen molar-refractivity contribution in [3.63, 3.8) is 0 Å². The van der Waals surface area contributed by atoms with Crippen LogP contribution in [0.2, 0.25) is 0 Å². The maximum absolute atomic E-state index is 13.0. The molecule has 1 N–H and O–H groups in total. The normalized spacial score (nSPS) is 16.6. The van der Waals surface area contributed by atoms with Crippen molar-refractivity contribution in [3.05, 3.63) is 319 Å². The minimum Gasteiger partial charge on any atom is -0.496 e. The van der Waals surface area contributed by atoms with Gasteiger partial charge in [-0.25, -0.2) is 0 Å². The summed E-state index contributed by atoms with van der Waals surface area (Å²) in [5.74, 6) is 2.35. The van der Waals surface area contributed by atoms with Crippen molar-refractivity contribution in [2.24, 2.45) is 0 Å². The summed E-state index contributed by atoms with van der Waals surface area (Å²) < 4.78 is 152. The molecule has 5 aliphatic heterocycles. The van der Waals surface area contributed by atoms with Gasteiger partial charge in [-0.15, -0.1) is 0 Å². The van der Waals surface area contributed by atoms with Gasteiger partial charge in [-0.05, 0) is 257 Å². The number of unbranched alkanes of at least 4 members (excludes halogenated alkanes) is 1. The number of β-lactam (4-membered cyclic amide) rings is 4. The van der Waals surface area contributed by atoms with E-state index in [2.05, 4.69) is 31.6 Å². The van der Waals surface area contributed by atoms with E-state index < -0.39 is 64.8 Å². The highest BCUT2D eigenvalue weighted by Gasteiger charge is 2.48. The van der Waals surface area contributed by atoms with E-state index in [9.17, 15) is 57.6 Å². The van der Waals surface area contributed by atoms with Crippen LogP contribution in [0.5, 0.6) is 46.0 Å². The topological polar surface area (TPSA) is 333 Å². The van der Waals surface area contributed by atoms with Crippen molar-refractivity contribution in [1.29, 1.82) is 0 Å². The summed E-state index contributed by atoms with van der Waals surface area (Å²) in [6.07, 6.45) is 1.30. The van der Waals surface area contributed by atoms with Gasteiger partial charge in [-0.1, -0.05) is 119 Å². The molecule has 0 spiro atoms. The molecule has 0 saturated carbocycles. The van der Waals surface area contributed by atoms with Gasteiger partial charge in [-0.3, -0.25) is 43.6 Å². The van der Waals surface area contributed by atoms with Gasteiger partial charge in [0.25, 0.3) is 23.6 Å². The molecule has 0 bridgehead atoms. The van der Waals surface area contributed by atoms with Gasteiger partial charge in [0.2, 0.25) is 5.91 Å². The molecule has 0 aliphatic carbocycles. The highest BCUT2D eigenvalue weighted by molar-refractivity contribution is 7.87. The molecule has 5 fully saturated rings. The molecule has 5 amide bonds. The lowest BCUT2D eigenvalue weighted by molar-refractivity contribution is -0.119. The Kier molecular flexibility index (Phi) is 30.7. The van der Waals surface area contributed by atoms with Crippen LogP contribution in [-0.2, 0) is 75.1 Å². The molecule has 5 saturated heterocycles. The number of carbonyl (C=O) groups excluding carboxylic acids is 5. The van der Waals surface area contributed by atoms with Crippen molar-refractivity contribution in [2.45, 2.75) is 145 Å². The number of nitrogens with zero attached hydrogens (tertiary/aromatic N) is 5. The molecule has 0 aromatic heterocycles. The zero-order valence-corrected chi connectivity index (χ0v) is 82.2. The molecule has 5 aliphatic rings. The number of ether oxygens (including phenoxy) is 5. The number of anilines is 5. The largest absolute Gasteiger partial charge is 0.496 e. The van der Waals surface area contributed by atoms with Gasteiger partial charge in [0.15, 0.2) is 0 Å². The van der Waals surface area contributed by atoms with Crippen molar-refractivity contribution >= 4 is 98.6 Å².